The first-order valence-electron chi connectivity index (χ1n) is 8.92. The van der Waals surface area contributed by atoms with E-state index in [0.29, 0.717) is 16.1 Å². The van der Waals surface area contributed by atoms with Gasteiger partial charge in [0.05, 0.1) is 6.54 Å². The number of nitrogens with one attached hydrogen (secondary N) is 3. The smallest absolute Gasteiger partial charge is 0.318 e. The van der Waals surface area contributed by atoms with Crippen molar-refractivity contribution in [1.82, 2.24) is 21.1 Å². The van der Waals surface area contributed by atoms with Crippen molar-refractivity contribution < 1.29 is 23.2 Å². The molecule has 0 radical (unpaired) electrons. The molecule has 0 aromatic heterocycles. The molecule has 3 rings (SSSR count). The summed E-state index contributed by atoms with van der Waals surface area (Å²) in [5.41, 5.74) is 2.00. The molecule has 1 aliphatic heterocycles. The topological polar surface area (TPSA) is 90.5 Å². The van der Waals surface area contributed by atoms with Gasteiger partial charge in [-0.25, -0.2) is 13.6 Å². The summed E-state index contributed by atoms with van der Waals surface area (Å²) in [6, 6.07) is 10.9. The molecule has 0 unspecified atom stereocenters. The van der Waals surface area contributed by atoms with E-state index in [1.807, 2.05) is 0 Å². The van der Waals surface area contributed by atoms with Crippen LogP contribution >= 0.6 is 0 Å². The number of rotatable bonds is 6. The number of carbonyl (C=O) groups excluding carboxylic acids is 3. The largest absolute Gasteiger partial charge is 0.344 e. The molecule has 1 aliphatic rings. The van der Waals surface area contributed by atoms with Crippen molar-refractivity contribution in [3.8, 4) is 0 Å². The molecule has 29 heavy (non-hydrogen) atoms. The zero-order chi connectivity index (χ0) is 21.2. The normalized spacial score (nSPS) is 19.8. The Balaban J connectivity index is 1.61. The highest BCUT2D eigenvalue weighted by molar-refractivity contribution is 6.08. The minimum Gasteiger partial charge on any atom is -0.318 e. The Morgan fingerprint density at radius 3 is 2.48 bits per heavy atom. The Labute approximate surface area is 166 Å². The number of hydrogen-bond donors (Lipinski definition) is 3. The Hall–Kier alpha value is -3.33. The Bertz CT molecular complexity index is 954. The van der Waals surface area contributed by atoms with E-state index in [1.54, 1.807) is 44.2 Å². The summed E-state index contributed by atoms with van der Waals surface area (Å²) >= 11 is 0. The highest BCUT2D eigenvalue weighted by Gasteiger charge is 2.49. The number of hydrogen-bond acceptors (Lipinski definition) is 4. The van der Waals surface area contributed by atoms with Gasteiger partial charge in [-0.05, 0) is 37.1 Å². The summed E-state index contributed by atoms with van der Waals surface area (Å²) in [7, 11) is 0. The first kappa shape index (κ1) is 20.4. The minimum absolute atomic E-state index is 0.251. The average molecular weight is 402 g/mol. The van der Waals surface area contributed by atoms with Gasteiger partial charge in [-0.3, -0.25) is 15.0 Å². The Morgan fingerprint density at radius 1 is 1.14 bits per heavy atom. The lowest BCUT2D eigenvalue weighted by atomic mass is 9.92. The number of hydrazine groups is 1. The van der Waals surface area contributed by atoms with Crippen LogP contribution in [0.2, 0.25) is 0 Å². The SMILES string of the molecule is C[C@@H](NCC(=O)NN1C(=O)N[C@@](C)(c2ccccc2)C1=O)c1ccc(F)c(F)c1. The fourth-order valence-electron chi connectivity index (χ4n) is 3.02. The van der Waals surface area contributed by atoms with Gasteiger partial charge in [-0.1, -0.05) is 36.4 Å². The second-order valence-electron chi connectivity index (χ2n) is 6.87. The summed E-state index contributed by atoms with van der Waals surface area (Å²) in [5, 5.41) is 6.05. The van der Waals surface area contributed by atoms with Crippen molar-refractivity contribution in [3.05, 3.63) is 71.3 Å². The molecule has 0 saturated carbocycles. The maximum absolute atomic E-state index is 13.3. The molecule has 0 spiro atoms. The van der Waals surface area contributed by atoms with Crippen molar-refractivity contribution in [2.24, 2.45) is 0 Å². The second kappa shape index (κ2) is 7.96. The molecule has 1 heterocycles. The third-order valence-electron chi connectivity index (χ3n) is 4.79. The molecular formula is C20H20F2N4O3. The van der Waals surface area contributed by atoms with Crippen molar-refractivity contribution >= 4 is 17.8 Å². The average Bonchev–Trinajstić information content (AvgIpc) is 2.93. The van der Waals surface area contributed by atoms with Crippen molar-refractivity contribution in [1.29, 1.82) is 0 Å². The lowest BCUT2D eigenvalue weighted by Crippen LogP contribution is -2.50. The number of urea groups is 1. The highest BCUT2D eigenvalue weighted by atomic mass is 19.2. The minimum atomic E-state index is -1.29. The highest BCUT2D eigenvalue weighted by Crippen LogP contribution is 2.27. The molecule has 4 amide bonds. The molecule has 0 aliphatic carbocycles. The van der Waals surface area contributed by atoms with Crippen LogP contribution in [0.4, 0.5) is 13.6 Å². The van der Waals surface area contributed by atoms with Gasteiger partial charge >= 0.3 is 6.03 Å². The predicted octanol–water partition coefficient (Wildman–Crippen LogP) is 2.11. The predicted molar refractivity (Wildman–Crippen MR) is 100 cm³/mol. The summed E-state index contributed by atoms with van der Waals surface area (Å²) in [6.45, 7) is 2.97. The van der Waals surface area contributed by atoms with Crippen LogP contribution in [0, 0.1) is 11.6 Å². The van der Waals surface area contributed by atoms with Crippen LogP contribution in [-0.4, -0.2) is 29.4 Å². The van der Waals surface area contributed by atoms with Gasteiger partial charge in [-0.2, -0.15) is 5.01 Å². The third kappa shape index (κ3) is 4.09. The van der Waals surface area contributed by atoms with E-state index in [9.17, 15) is 23.2 Å². The lowest BCUT2D eigenvalue weighted by molar-refractivity contribution is -0.138. The van der Waals surface area contributed by atoms with E-state index >= 15 is 0 Å². The van der Waals surface area contributed by atoms with Gasteiger partial charge in [0.2, 0.25) is 0 Å². The van der Waals surface area contributed by atoms with Gasteiger partial charge in [0.15, 0.2) is 11.6 Å². The number of imide groups is 1. The molecule has 2 aromatic rings. The monoisotopic (exact) mass is 402 g/mol. The van der Waals surface area contributed by atoms with Crippen LogP contribution < -0.4 is 16.1 Å². The van der Waals surface area contributed by atoms with E-state index < -0.39 is 41.1 Å². The van der Waals surface area contributed by atoms with Crippen molar-refractivity contribution in [3.63, 3.8) is 0 Å². The number of benzene rings is 2. The molecule has 2 atom stereocenters. The van der Waals surface area contributed by atoms with E-state index in [-0.39, 0.29) is 6.54 Å². The summed E-state index contributed by atoms with van der Waals surface area (Å²) in [4.78, 5) is 37.2. The van der Waals surface area contributed by atoms with Crippen LogP contribution in [0.1, 0.15) is 31.0 Å². The molecule has 152 valence electrons. The first-order valence-corrected chi connectivity index (χ1v) is 8.92. The molecule has 1 fully saturated rings. The molecule has 0 bridgehead atoms. The summed E-state index contributed by atoms with van der Waals surface area (Å²) < 4.78 is 26.4. The van der Waals surface area contributed by atoms with Crippen LogP contribution in [-0.2, 0) is 15.1 Å². The van der Waals surface area contributed by atoms with Gasteiger partial charge in [0, 0.05) is 6.04 Å². The zero-order valence-corrected chi connectivity index (χ0v) is 15.8. The maximum Gasteiger partial charge on any atom is 0.344 e. The quantitative estimate of drug-likeness (QED) is 0.646. The molecule has 3 N–H and O–H groups in total. The fourth-order valence-corrected chi connectivity index (χ4v) is 3.02. The zero-order valence-electron chi connectivity index (χ0n) is 15.8. The van der Waals surface area contributed by atoms with E-state index in [0.717, 1.165) is 12.1 Å². The number of nitrogens with zero attached hydrogens (tertiary/aromatic N) is 1. The molecule has 7 nitrogen and oxygen atoms in total. The van der Waals surface area contributed by atoms with E-state index in [4.69, 9.17) is 0 Å². The first-order chi connectivity index (χ1) is 13.7. The lowest BCUT2D eigenvalue weighted by Gasteiger charge is -2.22. The molecule has 9 heteroatoms. The van der Waals surface area contributed by atoms with Crippen LogP contribution in [0.3, 0.4) is 0 Å². The molecule has 2 aromatic carbocycles. The second-order valence-corrected chi connectivity index (χ2v) is 6.87. The van der Waals surface area contributed by atoms with Gasteiger partial charge in [-0.15, -0.1) is 0 Å². The van der Waals surface area contributed by atoms with Gasteiger partial charge in [0.25, 0.3) is 11.8 Å². The fraction of sp³-hybridized carbons (Fsp3) is 0.250. The summed E-state index contributed by atoms with van der Waals surface area (Å²) in [5.74, 6) is -3.20. The van der Waals surface area contributed by atoms with Crippen molar-refractivity contribution in [2.45, 2.75) is 25.4 Å². The molecule has 1 saturated heterocycles. The van der Waals surface area contributed by atoms with E-state index in [2.05, 4.69) is 16.1 Å². The standard InChI is InChI=1S/C20H20F2N4O3/c1-12(13-8-9-15(21)16(22)10-13)23-11-17(27)25-26-18(28)20(2,24-19(26)29)14-6-4-3-5-7-14/h3-10,12,23H,11H2,1-2H3,(H,24,29)(H,25,27)/t12-,20+/m1/s1. The Morgan fingerprint density at radius 2 is 1.83 bits per heavy atom. The summed E-state index contributed by atoms with van der Waals surface area (Å²) in [6.07, 6.45) is 0. The van der Waals surface area contributed by atoms with Crippen LogP contribution in [0.15, 0.2) is 48.5 Å². The van der Waals surface area contributed by atoms with Gasteiger partial charge in [0.1, 0.15) is 5.54 Å². The Kier molecular flexibility index (Phi) is 5.60. The number of halogens is 2. The van der Waals surface area contributed by atoms with E-state index in [1.165, 1.54) is 6.07 Å². The van der Waals surface area contributed by atoms with Crippen molar-refractivity contribution in [2.75, 3.05) is 6.54 Å². The maximum atomic E-state index is 13.3. The van der Waals surface area contributed by atoms with Gasteiger partial charge < -0.3 is 10.6 Å². The number of carbonyl (C=O) groups is 3. The number of amides is 4. The third-order valence-corrected chi connectivity index (χ3v) is 4.79. The molecular weight excluding hydrogens is 382 g/mol. The van der Waals surface area contributed by atoms with Crippen LogP contribution in [0.5, 0.6) is 0 Å². The van der Waals surface area contributed by atoms with Crippen LogP contribution in [0.25, 0.3) is 0 Å².